The van der Waals surface area contributed by atoms with E-state index in [0.29, 0.717) is 60.1 Å². The highest BCUT2D eigenvalue weighted by atomic mass is 32.2. The molecule has 0 saturated carbocycles. The molecule has 1 unspecified atom stereocenters. The van der Waals surface area contributed by atoms with E-state index in [1.807, 2.05) is 43.3 Å². The molecule has 1 aliphatic heterocycles. The third-order valence-corrected chi connectivity index (χ3v) is 9.67. The van der Waals surface area contributed by atoms with E-state index >= 15 is 0 Å². The molecule has 1 aliphatic rings. The van der Waals surface area contributed by atoms with Crippen molar-refractivity contribution in [1.82, 2.24) is 20.1 Å². The summed E-state index contributed by atoms with van der Waals surface area (Å²) >= 11 is 2.87. The van der Waals surface area contributed by atoms with Gasteiger partial charge in [0, 0.05) is 56.1 Å². The highest BCUT2D eigenvalue weighted by molar-refractivity contribution is 8.01. The molecule has 0 aliphatic carbocycles. The Kier molecular flexibility index (Phi) is 10.6. The van der Waals surface area contributed by atoms with Gasteiger partial charge in [-0.2, -0.15) is 0 Å². The summed E-state index contributed by atoms with van der Waals surface area (Å²) in [7, 11) is 1.56. The number of amides is 3. The van der Waals surface area contributed by atoms with Gasteiger partial charge in [0.25, 0.3) is 11.8 Å². The fraction of sp³-hybridized carbons (Fsp3) is 0.419. The number of hydrogen-bond donors (Lipinski definition) is 2. The van der Waals surface area contributed by atoms with Gasteiger partial charge < -0.3 is 19.9 Å². The molecule has 3 aromatic rings. The first-order valence-corrected chi connectivity index (χ1v) is 15.7. The van der Waals surface area contributed by atoms with Gasteiger partial charge in [0.05, 0.1) is 23.1 Å². The van der Waals surface area contributed by atoms with Crippen LogP contribution in [0.1, 0.15) is 59.5 Å². The SMILES string of the molecule is COc1cc(C)c(Sc2cnc(NC(=O)c3ccc(CNC(C)C(C)C)cc3)s2)cc1C(=O)N1CCN(C(C)=O)CC1. The van der Waals surface area contributed by atoms with Crippen molar-refractivity contribution in [3.05, 3.63) is 64.8 Å². The van der Waals surface area contributed by atoms with E-state index in [4.69, 9.17) is 4.74 Å². The van der Waals surface area contributed by atoms with Gasteiger partial charge in [0.15, 0.2) is 5.13 Å². The van der Waals surface area contributed by atoms with Crippen LogP contribution in [0.2, 0.25) is 0 Å². The Bertz CT molecular complexity index is 1420. The fourth-order valence-corrected chi connectivity index (χ4v) is 6.37. The Labute approximate surface area is 256 Å². The third kappa shape index (κ3) is 7.90. The maximum Gasteiger partial charge on any atom is 0.257 e. The molecule has 2 heterocycles. The number of ether oxygens (including phenoxy) is 1. The highest BCUT2D eigenvalue weighted by Gasteiger charge is 2.26. The number of methoxy groups -OCH3 is 1. The van der Waals surface area contributed by atoms with Crippen molar-refractivity contribution in [2.45, 2.75) is 56.3 Å². The number of carbonyl (C=O) groups is 3. The van der Waals surface area contributed by atoms with Crippen molar-refractivity contribution in [2.75, 3.05) is 38.6 Å². The van der Waals surface area contributed by atoms with Crippen LogP contribution in [0.4, 0.5) is 5.13 Å². The van der Waals surface area contributed by atoms with Gasteiger partial charge in [-0.05, 0) is 55.2 Å². The average Bonchev–Trinajstić information content (AvgIpc) is 3.42. The molecule has 4 rings (SSSR count). The van der Waals surface area contributed by atoms with Crippen LogP contribution >= 0.6 is 23.1 Å². The molecule has 1 aromatic heterocycles. The molecule has 0 spiro atoms. The Balaban J connectivity index is 1.40. The minimum absolute atomic E-state index is 0.0199. The van der Waals surface area contributed by atoms with Gasteiger partial charge in [0.2, 0.25) is 5.91 Å². The van der Waals surface area contributed by atoms with Crippen molar-refractivity contribution in [3.63, 3.8) is 0 Å². The predicted molar refractivity (Wildman–Crippen MR) is 168 cm³/mol. The number of benzene rings is 2. The number of thiazole rings is 1. The predicted octanol–water partition coefficient (Wildman–Crippen LogP) is 5.30. The highest BCUT2D eigenvalue weighted by Crippen LogP contribution is 2.38. The van der Waals surface area contributed by atoms with Crippen molar-refractivity contribution in [1.29, 1.82) is 0 Å². The van der Waals surface area contributed by atoms with Crippen molar-refractivity contribution >= 4 is 46.0 Å². The zero-order valence-corrected chi connectivity index (χ0v) is 26.7. The first-order valence-electron chi connectivity index (χ1n) is 14.1. The van der Waals surface area contributed by atoms with E-state index in [1.54, 1.807) is 30.0 Å². The van der Waals surface area contributed by atoms with Gasteiger partial charge >= 0.3 is 0 Å². The van der Waals surface area contributed by atoms with Gasteiger partial charge in [-0.15, -0.1) is 0 Å². The molecule has 2 N–H and O–H groups in total. The van der Waals surface area contributed by atoms with E-state index < -0.39 is 0 Å². The minimum Gasteiger partial charge on any atom is -0.496 e. The average molecular weight is 610 g/mol. The molecule has 11 heteroatoms. The molecule has 0 radical (unpaired) electrons. The molecule has 1 fully saturated rings. The molecule has 3 amide bonds. The van der Waals surface area contributed by atoms with Crippen molar-refractivity contribution in [2.24, 2.45) is 5.92 Å². The normalized spacial score (nSPS) is 14.2. The lowest BCUT2D eigenvalue weighted by molar-refractivity contribution is -0.130. The zero-order valence-electron chi connectivity index (χ0n) is 25.0. The van der Waals surface area contributed by atoms with Crippen LogP contribution in [-0.4, -0.2) is 71.8 Å². The maximum atomic E-state index is 13.4. The van der Waals surface area contributed by atoms with E-state index in [1.165, 1.54) is 23.1 Å². The van der Waals surface area contributed by atoms with E-state index in [-0.39, 0.29) is 17.7 Å². The van der Waals surface area contributed by atoms with Crippen molar-refractivity contribution < 1.29 is 19.1 Å². The van der Waals surface area contributed by atoms with Gasteiger partial charge in [-0.25, -0.2) is 4.98 Å². The lowest BCUT2D eigenvalue weighted by Crippen LogP contribution is -2.50. The van der Waals surface area contributed by atoms with Gasteiger partial charge in [0.1, 0.15) is 5.75 Å². The smallest absolute Gasteiger partial charge is 0.257 e. The summed E-state index contributed by atoms with van der Waals surface area (Å²) in [5, 5.41) is 6.90. The number of nitrogens with one attached hydrogen (secondary N) is 2. The minimum atomic E-state index is -0.214. The van der Waals surface area contributed by atoms with E-state index in [0.717, 1.165) is 26.8 Å². The third-order valence-electron chi connectivity index (χ3n) is 7.50. The molecule has 2 aromatic carbocycles. The summed E-state index contributed by atoms with van der Waals surface area (Å²) in [6.07, 6.45) is 1.72. The summed E-state index contributed by atoms with van der Waals surface area (Å²) in [5.74, 6) is 0.756. The van der Waals surface area contributed by atoms with Crippen LogP contribution in [0.25, 0.3) is 0 Å². The quantitative estimate of drug-likeness (QED) is 0.321. The molecule has 1 atom stereocenters. The zero-order chi connectivity index (χ0) is 30.4. The van der Waals surface area contributed by atoms with Crippen LogP contribution in [0, 0.1) is 12.8 Å². The molecular weight excluding hydrogens is 571 g/mol. The van der Waals surface area contributed by atoms with Crippen LogP contribution in [0.3, 0.4) is 0 Å². The van der Waals surface area contributed by atoms with Crippen LogP contribution in [-0.2, 0) is 11.3 Å². The Hall–Kier alpha value is -3.41. The van der Waals surface area contributed by atoms with Gasteiger partial charge in [-0.3, -0.25) is 19.7 Å². The molecule has 1 saturated heterocycles. The standard InChI is InChI=1S/C31H39N5O4S2/c1-19(2)21(4)32-17-23-7-9-24(10-8-23)29(38)34-31-33-18-28(42-31)41-27-16-25(26(40-6)15-20(27)3)30(39)36-13-11-35(12-14-36)22(5)37/h7-10,15-16,18-19,21,32H,11-14,17H2,1-6H3,(H,33,34,38). The number of rotatable bonds is 10. The van der Waals surface area contributed by atoms with Crippen LogP contribution in [0.5, 0.6) is 5.75 Å². The molecule has 0 bridgehead atoms. The number of piperazine rings is 1. The number of carbonyl (C=O) groups excluding carboxylic acids is 3. The number of anilines is 1. The van der Waals surface area contributed by atoms with E-state index in [9.17, 15) is 14.4 Å². The Morgan fingerprint density at radius 2 is 1.71 bits per heavy atom. The number of aromatic nitrogens is 1. The first-order chi connectivity index (χ1) is 20.0. The number of aryl methyl sites for hydroxylation is 1. The summed E-state index contributed by atoms with van der Waals surface area (Å²) in [4.78, 5) is 46.8. The van der Waals surface area contributed by atoms with Gasteiger partial charge in [-0.1, -0.05) is 49.1 Å². The summed E-state index contributed by atoms with van der Waals surface area (Å²) in [5.41, 5.74) is 3.14. The second-order valence-corrected chi connectivity index (χ2v) is 13.1. The number of nitrogens with zero attached hydrogens (tertiary/aromatic N) is 3. The summed E-state index contributed by atoms with van der Waals surface area (Å²) < 4.78 is 6.43. The molecule has 9 nitrogen and oxygen atoms in total. The second kappa shape index (κ2) is 14.2. The fourth-order valence-electron chi connectivity index (χ4n) is 4.43. The maximum absolute atomic E-state index is 13.4. The summed E-state index contributed by atoms with van der Waals surface area (Å²) in [6.45, 7) is 12.8. The monoisotopic (exact) mass is 609 g/mol. The molecular formula is C31H39N5O4S2. The van der Waals surface area contributed by atoms with Crippen LogP contribution in [0.15, 0.2) is 51.7 Å². The topological polar surface area (TPSA) is 104 Å². The molecule has 42 heavy (non-hydrogen) atoms. The summed E-state index contributed by atoms with van der Waals surface area (Å²) in [6, 6.07) is 11.7. The van der Waals surface area contributed by atoms with Crippen molar-refractivity contribution in [3.8, 4) is 5.75 Å². The lowest BCUT2D eigenvalue weighted by atomic mass is 10.1. The number of hydrogen-bond acceptors (Lipinski definition) is 8. The largest absolute Gasteiger partial charge is 0.496 e. The molecule has 224 valence electrons. The second-order valence-electron chi connectivity index (χ2n) is 10.8. The lowest BCUT2D eigenvalue weighted by Gasteiger charge is -2.34. The van der Waals surface area contributed by atoms with E-state index in [2.05, 4.69) is 36.4 Å². The van der Waals surface area contributed by atoms with Crippen LogP contribution < -0.4 is 15.4 Å². The first kappa shape index (κ1) is 31.5. The Morgan fingerprint density at radius 3 is 2.33 bits per heavy atom. The Morgan fingerprint density at radius 1 is 1.05 bits per heavy atom.